The summed E-state index contributed by atoms with van der Waals surface area (Å²) in [6, 6.07) is 2.27. The Balaban J connectivity index is 1.64. The Morgan fingerprint density at radius 2 is 2.00 bits per heavy atom. The lowest BCUT2D eigenvalue weighted by atomic mass is 10.1. The van der Waals surface area contributed by atoms with Gasteiger partial charge in [0.15, 0.2) is 6.29 Å². The van der Waals surface area contributed by atoms with E-state index in [-0.39, 0.29) is 24.9 Å². The van der Waals surface area contributed by atoms with Crippen molar-refractivity contribution in [2.45, 2.75) is 44.8 Å². The second kappa shape index (κ2) is 7.55. The molecule has 0 aromatic heterocycles. The number of benzene rings is 1. The normalized spacial score (nSPS) is 25.6. The zero-order valence-corrected chi connectivity index (χ0v) is 14.6. The number of nitrogens with zero attached hydrogens (tertiary/aromatic N) is 1. The lowest BCUT2D eigenvalue weighted by Gasteiger charge is -2.40. The Morgan fingerprint density at radius 3 is 2.62 bits per heavy atom. The number of halogens is 2. The predicted molar refractivity (Wildman–Crippen MR) is 89.5 cm³/mol. The summed E-state index contributed by atoms with van der Waals surface area (Å²) in [7, 11) is 0. The molecule has 2 fully saturated rings. The van der Waals surface area contributed by atoms with E-state index >= 15 is 0 Å². The van der Waals surface area contributed by atoms with Gasteiger partial charge in [-0.05, 0) is 37.5 Å². The van der Waals surface area contributed by atoms with Crippen molar-refractivity contribution in [3.05, 3.63) is 35.1 Å². The highest BCUT2D eigenvalue weighted by Crippen LogP contribution is 2.21. The molecular formula is C17H22F2N4O3. The summed E-state index contributed by atoms with van der Waals surface area (Å²) in [5, 5.41) is 8.25. The SMILES string of the molecule is Cc1cc([C@H](C)NC2NC(=O)N([C@H]3CCOC[C@H]3F)C(=O)N2)ccc1F. The number of hydrogen-bond donors (Lipinski definition) is 3. The molecule has 2 aliphatic rings. The zero-order valence-electron chi connectivity index (χ0n) is 14.6. The van der Waals surface area contributed by atoms with Crippen molar-refractivity contribution in [3.63, 3.8) is 0 Å². The van der Waals surface area contributed by atoms with Crippen LogP contribution < -0.4 is 16.0 Å². The highest BCUT2D eigenvalue weighted by Gasteiger charge is 2.41. The molecule has 3 atom stereocenters. The van der Waals surface area contributed by atoms with E-state index in [0.717, 1.165) is 10.5 Å². The Labute approximate surface area is 150 Å². The summed E-state index contributed by atoms with van der Waals surface area (Å²) < 4.78 is 32.4. The second-order valence-corrected chi connectivity index (χ2v) is 6.55. The van der Waals surface area contributed by atoms with E-state index in [4.69, 9.17) is 4.74 Å². The molecule has 2 aliphatic heterocycles. The second-order valence-electron chi connectivity index (χ2n) is 6.55. The van der Waals surface area contributed by atoms with Crippen LogP contribution in [-0.2, 0) is 4.74 Å². The van der Waals surface area contributed by atoms with Crippen LogP contribution in [0.3, 0.4) is 0 Å². The molecule has 1 aromatic rings. The molecular weight excluding hydrogens is 346 g/mol. The number of aryl methyl sites for hydroxylation is 1. The first-order valence-electron chi connectivity index (χ1n) is 8.51. The number of hydrogen-bond acceptors (Lipinski definition) is 4. The van der Waals surface area contributed by atoms with Crippen LogP contribution in [0.25, 0.3) is 0 Å². The number of imide groups is 1. The van der Waals surface area contributed by atoms with Crippen molar-refractivity contribution in [1.82, 2.24) is 20.9 Å². The van der Waals surface area contributed by atoms with Gasteiger partial charge in [-0.15, -0.1) is 0 Å². The van der Waals surface area contributed by atoms with Gasteiger partial charge in [0.25, 0.3) is 0 Å². The number of nitrogens with one attached hydrogen (secondary N) is 3. The van der Waals surface area contributed by atoms with Gasteiger partial charge in [0.1, 0.15) is 12.0 Å². The van der Waals surface area contributed by atoms with Crippen molar-refractivity contribution in [1.29, 1.82) is 0 Å². The first kappa shape index (κ1) is 18.5. The smallest absolute Gasteiger partial charge is 0.328 e. The molecule has 4 amide bonds. The number of carbonyl (C=O) groups excluding carboxylic acids is 2. The third kappa shape index (κ3) is 3.78. The predicted octanol–water partition coefficient (Wildman–Crippen LogP) is 1.93. The molecule has 3 N–H and O–H groups in total. The molecule has 2 heterocycles. The molecule has 0 saturated carbocycles. The maximum absolute atomic E-state index is 14.0. The average Bonchev–Trinajstić information content (AvgIpc) is 2.58. The molecule has 9 heteroatoms. The monoisotopic (exact) mass is 368 g/mol. The summed E-state index contributed by atoms with van der Waals surface area (Å²) in [5.74, 6) is -0.298. The third-order valence-corrected chi connectivity index (χ3v) is 4.66. The first-order valence-corrected chi connectivity index (χ1v) is 8.51. The maximum atomic E-state index is 14.0. The van der Waals surface area contributed by atoms with Gasteiger partial charge in [-0.2, -0.15) is 0 Å². The summed E-state index contributed by atoms with van der Waals surface area (Å²) >= 11 is 0. The number of rotatable bonds is 4. The quantitative estimate of drug-likeness (QED) is 0.758. The molecule has 142 valence electrons. The van der Waals surface area contributed by atoms with Crippen LogP contribution in [0, 0.1) is 12.7 Å². The number of carbonyl (C=O) groups is 2. The van der Waals surface area contributed by atoms with Gasteiger partial charge in [-0.25, -0.2) is 23.3 Å². The van der Waals surface area contributed by atoms with Gasteiger partial charge >= 0.3 is 12.1 Å². The fourth-order valence-electron chi connectivity index (χ4n) is 3.17. The molecule has 1 aromatic carbocycles. The maximum Gasteiger partial charge on any atom is 0.328 e. The molecule has 0 aliphatic carbocycles. The Hall–Kier alpha value is -2.26. The first-order chi connectivity index (χ1) is 12.4. The Kier molecular flexibility index (Phi) is 5.38. The molecule has 7 nitrogen and oxygen atoms in total. The van der Waals surface area contributed by atoms with Crippen molar-refractivity contribution in [3.8, 4) is 0 Å². The fraction of sp³-hybridized carbons (Fsp3) is 0.529. The molecule has 2 saturated heterocycles. The highest BCUT2D eigenvalue weighted by molar-refractivity contribution is 5.96. The summed E-state index contributed by atoms with van der Waals surface area (Å²) in [5.41, 5.74) is 1.32. The summed E-state index contributed by atoms with van der Waals surface area (Å²) in [6.45, 7) is 3.65. The van der Waals surface area contributed by atoms with Crippen molar-refractivity contribution >= 4 is 12.1 Å². The number of amides is 4. The van der Waals surface area contributed by atoms with E-state index in [0.29, 0.717) is 12.2 Å². The number of alkyl halides is 1. The number of urea groups is 2. The Bertz CT molecular complexity index is 685. The molecule has 0 bridgehead atoms. The summed E-state index contributed by atoms with van der Waals surface area (Å²) in [6.07, 6.45) is -1.97. The molecule has 26 heavy (non-hydrogen) atoms. The number of ether oxygens (including phenoxy) is 1. The van der Waals surface area contributed by atoms with Crippen molar-refractivity contribution in [2.75, 3.05) is 13.2 Å². The van der Waals surface area contributed by atoms with E-state index in [2.05, 4.69) is 16.0 Å². The van der Waals surface area contributed by atoms with Crippen LogP contribution in [0.15, 0.2) is 18.2 Å². The van der Waals surface area contributed by atoms with E-state index in [1.54, 1.807) is 19.1 Å². The van der Waals surface area contributed by atoms with Gasteiger partial charge < -0.3 is 15.4 Å². The van der Waals surface area contributed by atoms with Gasteiger partial charge in [0, 0.05) is 12.6 Å². The lowest BCUT2D eigenvalue weighted by molar-refractivity contribution is -0.0102. The molecule has 0 spiro atoms. The minimum Gasteiger partial charge on any atom is -0.378 e. The van der Waals surface area contributed by atoms with E-state index < -0.39 is 30.6 Å². The van der Waals surface area contributed by atoms with Crippen LogP contribution in [0.4, 0.5) is 18.4 Å². The van der Waals surface area contributed by atoms with Gasteiger partial charge in [0.05, 0.1) is 12.6 Å². The minimum absolute atomic E-state index is 0.135. The average molecular weight is 368 g/mol. The highest BCUT2D eigenvalue weighted by atomic mass is 19.1. The van der Waals surface area contributed by atoms with Crippen LogP contribution >= 0.6 is 0 Å². The summed E-state index contributed by atoms with van der Waals surface area (Å²) in [4.78, 5) is 25.5. The van der Waals surface area contributed by atoms with Gasteiger partial charge in [-0.1, -0.05) is 12.1 Å². The van der Waals surface area contributed by atoms with Gasteiger partial charge in [0.2, 0.25) is 0 Å². The van der Waals surface area contributed by atoms with Crippen LogP contribution in [0.2, 0.25) is 0 Å². The van der Waals surface area contributed by atoms with E-state index in [9.17, 15) is 18.4 Å². The van der Waals surface area contributed by atoms with E-state index in [1.807, 2.05) is 6.92 Å². The van der Waals surface area contributed by atoms with Crippen LogP contribution in [0.5, 0.6) is 0 Å². The van der Waals surface area contributed by atoms with Crippen LogP contribution in [-0.4, -0.2) is 48.7 Å². The molecule has 3 rings (SSSR count). The minimum atomic E-state index is -1.41. The zero-order chi connectivity index (χ0) is 18.8. The van der Waals surface area contributed by atoms with Crippen molar-refractivity contribution < 1.29 is 23.1 Å². The van der Waals surface area contributed by atoms with Crippen molar-refractivity contribution in [2.24, 2.45) is 0 Å². The molecule has 0 unspecified atom stereocenters. The largest absolute Gasteiger partial charge is 0.378 e. The van der Waals surface area contributed by atoms with E-state index in [1.165, 1.54) is 6.07 Å². The standard InChI is InChI=1S/C17H22F2N4O3/c1-9-7-11(3-4-12(9)18)10(2)20-15-21-16(24)23(17(25)22-15)14-5-6-26-8-13(14)19/h3-4,7,10,13-15,20H,5-6,8H2,1-2H3,(H,21,24)(H,22,25)/t10-,13+,14-/m0/s1. The van der Waals surface area contributed by atoms with Gasteiger partial charge in [-0.3, -0.25) is 5.32 Å². The Morgan fingerprint density at radius 1 is 1.31 bits per heavy atom. The lowest BCUT2D eigenvalue weighted by Crippen LogP contribution is -2.71. The molecule has 0 radical (unpaired) electrons. The fourth-order valence-corrected chi connectivity index (χ4v) is 3.17. The van der Waals surface area contributed by atoms with Crippen LogP contribution in [0.1, 0.15) is 30.5 Å². The third-order valence-electron chi connectivity index (χ3n) is 4.66. The topological polar surface area (TPSA) is 82.7 Å².